The quantitative estimate of drug-likeness (QED) is 0.526. The summed E-state index contributed by atoms with van der Waals surface area (Å²) >= 11 is 0. The molecule has 9 heteroatoms. The summed E-state index contributed by atoms with van der Waals surface area (Å²) in [5.41, 5.74) is -0.0503. The average molecular weight is 299 g/mol. The van der Waals surface area contributed by atoms with E-state index in [1.54, 1.807) is 6.92 Å². The Kier molecular flexibility index (Phi) is 4.56. The van der Waals surface area contributed by atoms with Gasteiger partial charge in [-0.05, 0) is 6.92 Å². The summed E-state index contributed by atoms with van der Waals surface area (Å²) in [5, 5.41) is 29.9. The minimum Gasteiger partial charge on any atom is -0.480 e. The lowest BCUT2D eigenvalue weighted by molar-refractivity contribution is -0.134. The highest BCUT2D eigenvalue weighted by Crippen LogP contribution is 2.27. The average Bonchev–Trinajstić information content (AvgIpc) is 2.80. The van der Waals surface area contributed by atoms with Crippen molar-refractivity contribution in [3.63, 3.8) is 0 Å². The number of aliphatic hydroxyl groups excluding tert-OH is 2. The molecule has 0 bridgehead atoms. The number of hydrogen-bond acceptors (Lipinski definition) is 7. The highest BCUT2D eigenvalue weighted by atomic mass is 16.5. The van der Waals surface area contributed by atoms with Gasteiger partial charge < -0.3 is 25.4 Å². The third-order valence-electron chi connectivity index (χ3n) is 3.24. The molecule has 1 aliphatic rings. The number of nitrogens with zero attached hydrogens (tertiary/aromatic N) is 2. The fraction of sp³-hybridized carbons (Fsp3) is 0.583. The number of aliphatic hydroxyl groups is 2. The number of nitrogens with one attached hydrogen (secondary N) is 1. The second-order valence-electron chi connectivity index (χ2n) is 4.82. The molecular formula is C12H17N3O6. The molecule has 3 atom stereocenters. The number of hydrogen-bond donors (Lipinski definition) is 4. The Morgan fingerprint density at radius 2 is 2.33 bits per heavy atom. The first-order valence-corrected chi connectivity index (χ1v) is 6.42. The lowest BCUT2D eigenvalue weighted by atomic mass is 10.2. The molecule has 1 fully saturated rings. The fourth-order valence-corrected chi connectivity index (χ4v) is 2.16. The lowest BCUT2D eigenvalue weighted by Gasteiger charge is -2.16. The molecule has 9 nitrogen and oxygen atoms in total. The lowest BCUT2D eigenvalue weighted by Crippen LogP contribution is -2.29. The Morgan fingerprint density at radius 1 is 1.62 bits per heavy atom. The van der Waals surface area contributed by atoms with Gasteiger partial charge in [0.1, 0.15) is 24.7 Å². The van der Waals surface area contributed by atoms with Crippen LogP contribution in [0.2, 0.25) is 0 Å². The van der Waals surface area contributed by atoms with E-state index in [4.69, 9.17) is 14.9 Å². The molecule has 1 aliphatic heterocycles. The predicted molar refractivity (Wildman–Crippen MR) is 71.0 cm³/mol. The van der Waals surface area contributed by atoms with Gasteiger partial charge in [0.25, 0.3) is 0 Å². The molecule has 0 saturated carbocycles. The van der Waals surface area contributed by atoms with E-state index in [2.05, 4.69) is 10.3 Å². The maximum absolute atomic E-state index is 12.0. The molecule has 0 unspecified atom stereocenters. The predicted octanol–water partition coefficient (Wildman–Crippen LogP) is -1.31. The number of carbonyl (C=O) groups is 1. The minimum absolute atomic E-state index is 0.175. The van der Waals surface area contributed by atoms with E-state index in [0.717, 1.165) is 0 Å². The molecule has 21 heavy (non-hydrogen) atoms. The van der Waals surface area contributed by atoms with Crippen LogP contribution in [-0.4, -0.2) is 56.2 Å². The van der Waals surface area contributed by atoms with Crippen LogP contribution < -0.4 is 11.0 Å². The summed E-state index contributed by atoms with van der Waals surface area (Å²) < 4.78 is 6.61. The minimum atomic E-state index is -1.06. The van der Waals surface area contributed by atoms with E-state index in [-0.39, 0.29) is 25.4 Å². The Morgan fingerprint density at radius 3 is 2.90 bits per heavy atom. The normalized spacial score (nSPS) is 25.0. The van der Waals surface area contributed by atoms with Crippen LogP contribution in [0.1, 0.15) is 18.2 Å². The van der Waals surface area contributed by atoms with Gasteiger partial charge in [0.2, 0.25) is 0 Å². The molecule has 116 valence electrons. The summed E-state index contributed by atoms with van der Waals surface area (Å²) in [6.07, 6.45) is -0.626. The van der Waals surface area contributed by atoms with Crippen LogP contribution in [0.15, 0.2) is 11.0 Å². The zero-order chi connectivity index (χ0) is 15.6. The van der Waals surface area contributed by atoms with Crippen LogP contribution in [0.25, 0.3) is 0 Å². The van der Waals surface area contributed by atoms with E-state index >= 15 is 0 Å². The topological polar surface area (TPSA) is 134 Å². The Bertz CT molecular complexity index is 587. The van der Waals surface area contributed by atoms with Crippen molar-refractivity contribution in [2.24, 2.45) is 0 Å². The van der Waals surface area contributed by atoms with Crippen LogP contribution in [0.5, 0.6) is 0 Å². The second-order valence-corrected chi connectivity index (χ2v) is 4.82. The first-order chi connectivity index (χ1) is 9.92. The summed E-state index contributed by atoms with van der Waals surface area (Å²) in [6, 6.07) is 0. The standard InChI is InChI=1S/C12H17N3O6/c1-6-4-15(9-2-7(17)8(5-16)21-9)12(20)14-11(6)13-3-10(18)19/h4,7-9,16-17H,2-3,5H2,1H3,(H,18,19)(H,13,14,20)/t7-,8+,9+/m0/s1. The molecule has 0 aliphatic carbocycles. The van der Waals surface area contributed by atoms with Crippen LogP contribution in [-0.2, 0) is 9.53 Å². The number of anilines is 1. The zero-order valence-corrected chi connectivity index (χ0v) is 11.4. The van der Waals surface area contributed by atoms with E-state index < -0.39 is 30.1 Å². The number of aryl methyl sites for hydroxylation is 1. The van der Waals surface area contributed by atoms with Crippen molar-refractivity contribution in [3.05, 3.63) is 22.2 Å². The van der Waals surface area contributed by atoms with Gasteiger partial charge in [-0.1, -0.05) is 0 Å². The Labute approximate surface area is 119 Å². The fourth-order valence-electron chi connectivity index (χ4n) is 2.16. The second kappa shape index (κ2) is 6.20. The van der Waals surface area contributed by atoms with Crippen molar-refractivity contribution >= 4 is 11.8 Å². The summed E-state index contributed by atoms with van der Waals surface area (Å²) in [5.74, 6) is -0.871. The molecular weight excluding hydrogens is 282 g/mol. The molecule has 0 aromatic carbocycles. The van der Waals surface area contributed by atoms with Gasteiger partial charge in [0, 0.05) is 18.2 Å². The largest absolute Gasteiger partial charge is 0.480 e. The molecule has 1 aromatic rings. The van der Waals surface area contributed by atoms with Crippen LogP contribution >= 0.6 is 0 Å². The van der Waals surface area contributed by atoms with Gasteiger partial charge in [-0.3, -0.25) is 9.36 Å². The summed E-state index contributed by atoms with van der Waals surface area (Å²) in [6.45, 7) is 0.988. The van der Waals surface area contributed by atoms with Gasteiger partial charge in [-0.15, -0.1) is 0 Å². The molecule has 2 heterocycles. The third-order valence-corrected chi connectivity index (χ3v) is 3.24. The molecule has 4 N–H and O–H groups in total. The number of carboxylic acids is 1. The van der Waals surface area contributed by atoms with Gasteiger partial charge in [0.15, 0.2) is 0 Å². The Balaban J connectivity index is 2.21. The highest BCUT2D eigenvalue weighted by molar-refractivity contribution is 5.72. The van der Waals surface area contributed by atoms with E-state index in [0.29, 0.717) is 5.56 Å². The van der Waals surface area contributed by atoms with Gasteiger partial charge in [-0.25, -0.2) is 4.79 Å². The van der Waals surface area contributed by atoms with E-state index in [1.165, 1.54) is 10.8 Å². The molecule has 0 radical (unpaired) electrons. The summed E-state index contributed by atoms with van der Waals surface area (Å²) in [7, 11) is 0. The van der Waals surface area contributed by atoms with Gasteiger partial charge in [0.05, 0.1) is 12.7 Å². The molecule has 0 amide bonds. The smallest absolute Gasteiger partial charge is 0.351 e. The molecule has 0 spiro atoms. The first-order valence-electron chi connectivity index (χ1n) is 6.42. The third kappa shape index (κ3) is 3.38. The number of carboxylic acid groups (broad SMARTS) is 1. The highest BCUT2D eigenvalue weighted by Gasteiger charge is 2.35. The van der Waals surface area contributed by atoms with Gasteiger partial charge >= 0.3 is 11.7 Å². The maximum atomic E-state index is 12.0. The Hall–Kier alpha value is -1.97. The van der Waals surface area contributed by atoms with Crippen molar-refractivity contribution in [1.29, 1.82) is 0 Å². The molecule has 2 rings (SSSR count). The van der Waals surface area contributed by atoms with Gasteiger partial charge in [-0.2, -0.15) is 4.98 Å². The summed E-state index contributed by atoms with van der Waals surface area (Å²) in [4.78, 5) is 26.2. The van der Waals surface area contributed by atoms with Crippen molar-refractivity contribution < 1.29 is 24.9 Å². The van der Waals surface area contributed by atoms with Crippen molar-refractivity contribution in [2.75, 3.05) is 18.5 Å². The zero-order valence-electron chi connectivity index (χ0n) is 11.4. The van der Waals surface area contributed by atoms with Crippen molar-refractivity contribution in [2.45, 2.75) is 31.8 Å². The first kappa shape index (κ1) is 15.4. The monoisotopic (exact) mass is 299 g/mol. The number of aliphatic carboxylic acids is 1. The van der Waals surface area contributed by atoms with Crippen molar-refractivity contribution in [1.82, 2.24) is 9.55 Å². The number of ether oxygens (including phenoxy) is 1. The van der Waals surface area contributed by atoms with Crippen molar-refractivity contribution in [3.8, 4) is 0 Å². The van der Waals surface area contributed by atoms with E-state index in [1.807, 2.05) is 0 Å². The van der Waals surface area contributed by atoms with Crippen LogP contribution in [0, 0.1) is 6.92 Å². The van der Waals surface area contributed by atoms with E-state index in [9.17, 15) is 14.7 Å². The number of aromatic nitrogens is 2. The molecule has 1 saturated heterocycles. The molecule has 1 aromatic heterocycles. The SMILES string of the molecule is Cc1cn([C@H]2C[C@H](O)[C@@H](CO)O2)c(=O)nc1NCC(=O)O. The van der Waals surface area contributed by atoms with Crippen LogP contribution in [0.3, 0.4) is 0 Å². The maximum Gasteiger partial charge on any atom is 0.351 e. The number of rotatable bonds is 5. The van der Waals surface area contributed by atoms with Crippen LogP contribution in [0.4, 0.5) is 5.82 Å².